The van der Waals surface area contributed by atoms with Crippen LogP contribution < -0.4 is 5.32 Å². The third kappa shape index (κ3) is 3.96. The number of rotatable bonds is 4. The van der Waals surface area contributed by atoms with E-state index >= 15 is 0 Å². The Morgan fingerprint density at radius 2 is 2.00 bits per heavy atom. The number of carbonyl (C=O) groups excluding carboxylic acids is 1. The summed E-state index contributed by atoms with van der Waals surface area (Å²) in [5.41, 5.74) is 5.51. The number of ether oxygens (including phenoxy) is 1. The zero-order valence-corrected chi connectivity index (χ0v) is 17.7. The molecule has 1 atom stereocenters. The molecule has 0 saturated carbocycles. The molecular formula is C23H23BrN2O2. The van der Waals surface area contributed by atoms with Crippen LogP contribution in [0.25, 0.3) is 22.2 Å². The summed E-state index contributed by atoms with van der Waals surface area (Å²) in [6.45, 7) is 5.41. The number of pyridine rings is 1. The van der Waals surface area contributed by atoms with Crippen LogP contribution in [0.1, 0.15) is 34.3 Å². The predicted octanol–water partition coefficient (Wildman–Crippen LogP) is 5.19. The minimum absolute atomic E-state index is 0.0775. The maximum atomic E-state index is 13.1. The summed E-state index contributed by atoms with van der Waals surface area (Å²) in [5, 5.41) is 3.95. The molecule has 0 aliphatic carbocycles. The SMILES string of the molecule is Cc1cc(C)c2nc(-c3ccc(Br)cc3)cc(C(=O)NCC3CCCO3)c2c1. The topological polar surface area (TPSA) is 51.2 Å². The standard InChI is InChI=1S/C23H23BrN2O2/c1-14-10-15(2)22-19(11-14)20(23(27)25-13-18-4-3-9-28-18)12-21(26-22)16-5-7-17(24)8-6-16/h5-8,10-12,18H,3-4,9,13H2,1-2H3,(H,25,27). The summed E-state index contributed by atoms with van der Waals surface area (Å²) < 4.78 is 6.65. The number of nitrogens with zero attached hydrogens (tertiary/aromatic N) is 1. The fourth-order valence-corrected chi connectivity index (χ4v) is 4.01. The van der Waals surface area contributed by atoms with Crippen molar-refractivity contribution in [2.45, 2.75) is 32.8 Å². The van der Waals surface area contributed by atoms with Crippen LogP contribution in [-0.2, 0) is 4.74 Å². The molecule has 1 aliphatic heterocycles. The monoisotopic (exact) mass is 438 g/mol. The first kappa shape index (κ1) is 19.1. The molecule has 4 rings (SSSR count). The molecule has 0 spiro atoms. The summed E-state index contributed by atoms with van der Waals surface area (Å²) in [5.74, 6) is -0.0775. The van der Waals surface area contributed by atoms with Crippen LogP contribution in [0.2, 0.25) is 0 Å². The van der Waals surface area contributed by atoms with Crippen molar-refractivity contribution in [1.29, 1.82) is 0 Å². The fraction of sp³-hybridized carbons (Fsp3) is 0.304. The van der Waals surface area contributed by atoms with E-state index in [0.717, 1.165) is 57.2 Å². The van der Waals surface area contributed by atoms with Gasteiger partial charge >= 0.3 is 0 Å². The summed E-state index contributed by atoms with van der Waals surface area (Å²) in [7, 11) is 0. The van der Waals surface area contributed by atoms with Crippen LogP contribution in [0.15, 0.2) is 46.9 Å². The second kappa shape index (κ2) is 8.02. The van der Waals surface area contributed by atoms with E-state index < -0.39 is 0 Å². The first-order valence-electron chi connectivity index (χ1n) is 9.59. The van der Waals surface area contributed by atoms with E-state index in [9.17, 15) is 4.79 Å². The number of aromatic nitrogens is 1. The highest BCUT2D eigenvalue weighted by atomic mass is 79.9. The zero-order valence-electron chi connectivity index (χ0n) is 16.1. The lowest BCUT2D eigenvalue weighted by atomic mass is 9.99. The number of halogens is 1. The minimum Gasteiger partial charge on any atom is -0.376 e. The molecule has 1 amide bonds. The number of hydrogen-bond donors (Lipinski definition) is 1. The Labute approximate surface area is 173 Å². The number of amides is 1. The Balaban J connectivity index is 1.77. The van der Waals surface area contributed by atoms with E-state index in [2.05, 4.69) is 27.3 Å². The Hall–Kier alpha value is -2.24. The van der Waals surface area contributed by atoms with Crippen LogP contribution in [0.4, 0.5) is 0 Å². The highest BCUT2D eigenvalue weighted by Crippen LogP contribution is 2.28. The number of benzene rings is 2. The van der Waals surface area contributed by atoms with Crippen LogP contribution in [-0.4, -0.2) is 30.1 Å². The molecule has 1 aliphatic rings. The lowest BCUT2D eigenvalue weighted by molar-refractivity contribution is 0.0859. The summed E-state index contributed by atoms with van der Waals surface area (Å²) in [6.07, 6.45) is 2.18. The molecule has 1 aromatic heterocycles. The molecule has 1 unspecified atom stereocenters. The van der Waals surface area contributed by atoms with Crippen LogP contribution in [0.3, 0.4) is 0 Å². The van der Waals surface area contributed by atoms with Gasteiger partial charge in [-0.3, -0.25) is 4.79 Å². The number of hydrogen-bond acceptors (Lipinski definition) is 3. The van der Waals surface area contributed by atoms with Crippen molar-refractivity contribution in [2.75, 3.05) is 13.2 Å². The smallest absolute Gasteiger partial charge is 0.252 e. The summed E-state index contributed by atoms with van der Waals surface area (Å²) in [6, 6.07) is 14.0. The first-order chi connectivity index (χ1) is 13.5. The molecular weight excluding hydrogens is 416 g/mol. The van der Waals surface area contributed by atoms with E-state index in [1.165, 1.54) is 0 Å². The van der Waals surface area contributed by atoms with Crippen molar-refractivity contribution < 1.29 is 9.53 Å². The molecule has 3 aromatic rings. The van der Waals surface area contributed by atoms with Crippen molar-refractivity contribution >= 4 is 32.7 Å². The highest BCUT2D eigenvalue weighted by Gasteiger charge is 2.19. The first-order valence-corrected chi connectivity index (χ1v) is 10.4. The maximum Gasteiger partial charge on any atom is 0.252 e. The molecule has 1 N–H and O–H groups in total. The van der Waals surface area contributed by atoms with E-state index in [1.807, 2.05) is 50.2 Å². The fourth-order valence-electron chi connectivity index (χ4n) is 3.74. The molecule has 0 bridgehead atoms. The van der Waals surface area contributed by atoms with Gasteiger partial charge < -0.3 is 10.1 Å². The van der Waals surface area contributed by atoms with Gasteiger partial charge in [0.25, 0.3) is 5.91 Å². The van der Waals surface area contributed by atoms with Crippen LogP contribution in [0, 0.1) is 13.8 Å². The molecule has 4 nitrogen and oxygen atoms in total. The number of nitrogens with one attached hydrogen (secondary N) is 1. The minimum atomic E-state index is -0.0775. The van der Waals surface area contributed by atoms with Gasteiger partial charge in [0.05, 0.1) is 22.9 Å². The Kier molecular flexibility index (Phi) is 5.47. The van der Waals surface area contributed by atoms with Gasteiger partial charge in [0.1, 0.15) is 0 Å². The number of carbonyl (C=O) groups is 1. The largest absolute Gasteiger partial charge is 0.376 e. The molecule has 1 saturated heterocycles. The molecule has 144 valence electrons. The maximum absolute atomic E-state index is 13.1. The van der Waals surface area contributed by atoms with E-state index in [-0.39, 0.29) is 12.0 Å². The molecule has 1 fully saturated rings. The number of aryl methyl sites for hydroxylation is 2. The second-order valence-corrected chi connectivity index (χ2v) is 8.30. The van der Waals surface area contributed by atoms with Gasteiger partial charge in [-0.05, 0) is 56.5 Å². The van der Waals surface area contributed by atoms with Gasteiger partial charge in [0.15, 0.2) is 0 Å². The van der Waals surface area contributed by atoms with Gasteiger partial charge in [-0.25, -0.2) is 4.98 Å². The van der Waals surface area contributed by atoms with Crippen molar-refractivity contribution in [3.05, 3.63) is 63.6 Å². The van der Waals surface area contributed by atoms with Gasteiger partial charge in [-0.15, -0.1) is 0 Å². The summed E-state index contributed by atoms with van der Waals surface area (Å²) >= 11 is 3.47. The Morgan fingerprint density at radius 1 is 1.21 bits per heavy atom. The average molecular weight is 439 g/mol. The highest BCUT2D eigenvalue weighted by molar-refractivity contribution is 9.10. The molecule has 2 aromatic carbocycles. The lowest BCUT2D eigenvalue weighted by Gasteiger charge is -2.14. The Bertz CT molecular complexity index is 1020. The average Bonchev–Trinajstić information content (AvgIpc) is 3.20. The van der Waals surface area contributed by atoms with Crippen molar-refractivity contribution in [1.82, 2.24) is 10.3 Å². The lowest BCUT2D eigenvalue weighted by Crippen LogP contribution is -2.32. The van der Waals surface area contributed by atoms with E-state index in [1.54, 1.807) is 0 Å². The van der Waals surface area contributed by atoms with Crippen molar-refractivity contribution in [2.24, 2.45) is 0 Å². The van der Waals surface area contributed by atoms with Gasteiger partial charge in [0, 0.05) is 28.6 Å². The zero-order chi connectivity index (χ0) is 19.7. The van der Waals surface area contributed by atoms with Crippen LogP contribution in [0.5, 0.6) is 0 Å². The third-order valence-corrected chi connectivity index (χ3v) is 5.68. The van der Waals surface area contributed by atoms with Gasteiger partial charge in [-0.2, -0.15) is 0 Å². The normalized spacial score (nSPS) is 16.5. The Morgan fingerprint density at radius 3 is 2.71 bits per heavy atom. The quantitative estimate of drug-likeness (QED) is 0.609. The number of fused-ring (bicyclic) bond motifs is 1. The van der Waals surface area contributed by atoms with E-state index in [4.69, 9.17) is 9.72 Å². The van der Waals surface area contributed by atoms with Gasteiger partial charge in [-0.1, -0.05) is 39.7 Å². The molecule has 0 radical (unpaired) electrons. The molecule has 2 heterocycles. The molecule has 28 heavy (non-hydrogen) atoms. The van der Waals surface area contributed by atoms with Crippen molar-refractivity contribution in [3.8, 4) is 11.3 Å². The van der Waals surface area contributed by atoms with E-state index in [0.29, 0.717) is 12.1 Å². The van der Waals surface area contributed by atoms with Gasteiger partial charge in [0.2, 0.25) is 0 Å². The van der Waals surface area contributed by atoms with Crippen molar-refractivity contribution in [3.63, 3.8) is 0 Å². The third-order valence-electron chi connectivity index (χ3n) is 5.15. The van der Waals surface area contributed by atoms with Crippen LogP contribution >= 0.6 is 15.9 Å². The molecule has 5 heteroatoms. The predicted molar refractivity (Wildman–Crippen MR) is 116 cm³/mol. The second-order valence-electron chi connectivity index (χ2n) is 7.38. The summed E-state index contributed by atoms with van der Waals surface area (Å²) in [4.78, 5) is 18.0.